The van der Waals surface area contributed by atoms with Gasteiger partial charge in [0, 0.05) is 37.3 Å². The van der Waals surface area contributed by atoms with Crippen LogP contribution in [0, 0.1) is 11.8 Å². The summed E-state index contributed by atoms with van der Waals surface area (Å²) < 4.78 is 10.9. The van der Waals surface area contributed by atoms with Crippen molar-refractivity contribution in [2.45, 2.75) is 109 Å². The molecular formula is C35H60N4O3. The van der Waals surface area contributed by atoms with E-state index in [0.29, 0.717) is 43.4 Å². The van der Waals surface area contributed by atoms with Crippen molar-refractivity contribution in [3.05, 3.63) is 29.8 Å². The van der Waals surface area contributed by atoms with Gasteiger partial charge < -0.3 is 30.3 Å². The van der Waals surface area contributed by atoms with Crippen molar-refractivity contribution in [3.63, 3.8) is 0 Å². The van der Waals surface area contributed by atoms with Gasteiger partial charge in [-0.05, 0) is 121 Å². The highest BCUT2D eigenvalue weighted by molar-refractivity contribution is 5.94. The zero-order valence-electron chi connectivity index (χ0n) is 26.6. The molecule has 0 aromatic heterocycles. The third kappa shape index (κ3) is 11.4. The Labute approximate surface area is 256 Å². The molecule has 1 aromatic carbocycles. The molecule has 5 rings (SSSR count). The van der Waals surface area contributed by atoms with Crippen LogP contribution in [0.15, 0.2) is 24.3 Å². The number of hydrogen-bond donors (Lipinski definition) is 2. The predicted molar refractivity (Wildman–Crippen MR) is 172 cm³/mol. The van der Waals surface area contributed by atoms with Crippen molar-refractivity contribution in [2.75, 3.05) is 59.1 Å². The van der Waals surface area contributed by atoms with Gasteiger partial charge in [-0.25, -0.2) is 0 Å². The molecule has 7 heteroatoms. The summed E-state index contributed by atoms with van der Waals surface area (Å²) >= 11 is 0. The zero-order valence-corrected chi connectivity index (χ0v) is 26.6. The Morgan fingerprint density at radius 2 is 1.33 bits per heavy atom. The van der Waals surface area contributed by atoms with Crippen molar-refractivity contribution in [1.29, 1.82) is 0 Å². The first-order valence-corrected chi connectivity index (χ1v) is 17.4. The Hall–Kier alpha value is -1.67. The standard InChI is InChI=1S/C23H36N2O3.C12H24N2/c1-2-27-16-17-28-21-12-10-19(11-13-21)23(26)24-22-9-5-4-8-20(22)18-25-14-6-3-7-15-25;13-12-7-3-2-6-11(12)10-14-8-4-1-5-9-14/h10-13,20,22H,2-9,14-18H2,1H3,(H,24,26);11-12H,1-10,13H2/t20-,22-;11-,12-/m11/s1. The fraction of sp³-hybridized carbons (Fsp3) is 0.800. The minimum atomic E-state index is 0.0383. The molecule has 3 N–H and O–H groups in total. The summed E-state index contributed by atoms with van der Waals surface area (Å²) in [5.41, 5.74) is 6.88. The van der Waals surface area contributed by atoms with Crippen molar-refractivity contribution in [2.24, 2.45) is 17.6 Å². The van der Waals surface area contributed by atoms with Crippen molar-refractivity contribution in [3.8, 4) is 5.75 Å². The van der Waals surface area contributed by atoms with Crippen LogP contribution in [0.3, 0.4) is 0 Å². The molecule has 7 nitrogen and oxygen atoms in total. The number of amides is 1. The van der Waals surface area contributed by atoms with Crippen LogP contribution in [-0.2, 0) is 4.74 Å². The maximum atomic E-state index is 12.8. The van der Waals surface area contributed by atoms with E-state index in [1.807, 2.05) is 31.2 Å². The SMILES string of the molecule is CCOCCOc1ccc(C(=O)N[C@@H]2CCCC[C@@H]2CN2CCCCC2)cc1.N[C@@H]1CCCC[C@@H]1CN1CCCCC1. The van der Waals surface area contributed by atoms with E-state index in [1.54, 1.807) is 0 Å². The number of piperidine rings is 2. The van der Waals surface area contributed by atoms with E-state index in [1.165, 1.54) is 116 Å². The largest absolute Gasteiger partial charge is 0.491 e. The molecule has 2 aliphatic carbocycles. The summed E-state index contributed by atoms with van der Waals surface area (Å²) in [5, 5.41) is 3.33. The summed E-state index contributed by atoms with van der Waals surface area (Å²) in [5.74, 6) is 2.19. The van der Waals surface area contributed by atoms with E-state index in [0.717, 1.165) is 24.6 Å². The van der Waals surface area contributed by atoms with Crippen LogP contribution in [-0.4, -0.2) is 86.9 Å². The Morgan fingerprint density at radius 1 is 0.762 bits per heavy atom. The number of carbonyl (C=O) groups excluding carboxylic acids is 1. The van der Waals surface area contributed by atoms with E-state index in [2.05, 4.69) is 15.1 Å². The highest BCUT2D eigenvalue weighted by atomic mass is 16.5. The maximum Gasteiger partial charge on any atom is 0.251 e. The molecule has 4 fully saturated rings. The lowest BCUT2D eigenvalue weighted by Gasteiger charge is -2.37. The molecule has 1 aromatic rings. The topological polar surface area (TPSA) is 80.1 Å². The summed E-state index contributed by atoms with van der Waals surface area (Å²) in [7, 11) is 0. The van der Waals surface area contributed by atoms with Gasteiger partial charge in [0.25, 0.3) is 5.91 Å². The van der Waals surface area contributed by atoms with Gasteiger partial charge in [-0.15, -0.1) is 0 Å². The van der Waals surface area contributed by atoms with Crippen LogP contribution < -0.4 is 15.8 Å². The Morgan fingerprint density at radius 3 is 1.95 bits per heavy atom. The Kier molecular flexibility index (Phi) is 14.9. The molecule has 4 aliphatic rings. The van der Waals surface area contributed by atoms with Gasteiger partial charge in [-0.2, -0.15) is 0 Å². The summed E-state index contributed by atoms with van der Waals surface area (Å²) in [4.78, 5) is 18.0. The van der Waals surface area contributed by atoms with E-state index < -0.39 is 0 Å². The fourth-order valence-corrected chi connectivity index (χ4v) is 7.34. The van der Waals surface area contributed by atoms with Crippen LogP contribution in [0.2, 0.25) is 0 Å². The maximum absolute atomic E-state index is 12.8. The molecule has 2 heterocycles. The molecular weight excluding hydrogens is 524 g/mol. The van der Waals surface area contributed by atoms with E-state index in [-0.39, 0.29) is 5.91 Å². The lowest BCUT2D eigenvalue weighted by molar-refractivity contribution is 0.0877. The molecule has 0 radical (unpaired) electrons. The number of nitrogens with zero attached hydrogens (tertiary/aromatic N) is 2. The van der Waals surface area contributed by atoms with Gasteiger partial charge in [0.05, 0.1) is 6.61 Å². The Bertz CT molecular complexity index is 869. The van der Waals surface area contributed by atoms with E-state index in [4.69, 9.17) is 15.2 Å². The average molecular weight is 585 g/mol. The number of likely N-dealkylation sites (tertiary alicyclic amines) is 2. The first kappa shape index (κ1) is 33.2. The van der Waals surface area contributed by atoms with E-state index in [9.17, 15) is 4.79 Å². The third-order valence-electron chi connectivity index (χ3n) is 9.89. The van der Waals surface area contributed by atoms with Crippen molar-refractivity contribution in [1.82, 2.24) is 15.1 Å². The molecule has 2 saturated heterocycles. The average Bonchev–Trinajstić information content (AvgIpc) is 3.03. The Balaban J connectivity index is 0.000000241. The number of rotatable bonds is 11. The zero-order chi connectivity index (χ0) is 29.4. The third-order valence-corrected chi connectivity index (χ3v) is 9.89. The molecule has 42 heavy (non-hydrogen) atoms. The van der Waals surface area contributed by atoms with Crippen molar-refractivity contribution >= 4 is 5.91 Å². The second kappa shape index (κ2) is 18.9. The minimum absolute atomic E-state index is 0.0383. The summed E-state index contributed by atoms with van der Waals surface area (Å²) in [6.45, 7) is 11.3. The molecule has 1 amide bonds. The summed E-state index contributed by atoms with van der Waals surface area (Å²) in [6.07, 6.45) is 18.5. The van der Waals surface area contributed by atoms with Gasteiger partial charge in [-0.3, -0.25) is 4.79 Å². The molecule has 0 spiro atoms. The van der Waals surface area contributed by atoms with Crippen LogP contribution in [0.1, 0.15) is 107 Å². The number of nitrogens with two attached hydrogens (primary N) is 1. The van der Waals surface area contributed by atoms with Crippen molar-refractivity contribution < 1.29 is 14.3 Å². The monoisotopic (exact) mass is 584 g/mol. The normalized spacial score (nSPS) is 27.5. The molecule has 238 valence electrons. The minimum Gasteiger partial charge on any atom is -0.491 e. The van der Waals surface area contributed by atoms with Gasteiger partial charge in [0.15, 0.2) is 0 Å². The fourth-order valence-electron chi connectivity index (χ4n) is 7.34. The predicted octanol–water partition coefficient (Wildman–Crippen LogP) is 5.87. The van der Waals surface area contributed by atoms with Crippen LogP contribution in [0.25, 0.3) is 0 Å². The quantitative estimate of drug-likeness (QED) is 0.317. The summed E-state index contributed by atoms with van der Waals surface area (Å²) in [6, 6.07) is 8.23. The van der Waals surface area contributed by atoms with Gasteiger partial charge in [0.1, 0.15) is 12.4 Å². The highest BCUT2D eigenvalue weighted by Crippen LogP contribution is 2.27. The number of carbonyl (C=O) groups is 1. The molecule has 0 bridgehead atoms. The first-order chi connectivity index (χ1) is 20.6. The molecule has 2 aliphatic heterocycles. The first-order valence-electron chi connectivity index (χ1n) is 17.4. The van der Waals surface area contributed by atoms with Gasteiger partial charge in [-0.1, -0.05) is 38.5 Å². The molecule has 2 saturated carbocycles. The number of hydrogen-bond acceptors (Lipinski definition) is 6. The second-order valence-corrected chi connectivity index (χ2v) is 13.1. The number of nitrogens with one attached hydrogen (secondary N) is 1. The van der Waals surface area contributed by atoms with Gasteiger partial charge >= 0.3 is 0 Å². The van der Waals surface area contributed by atoms with Crippen LogP contribution in [0.5, 0.6) is 5.75 Å². The lowest BCUT2D eigenvalue weighted by atomic mass is 9.83. The lowest BCUT2D eigenvalue weighted by Crippen LogP contribution is -2.47. The highest BCUT2D eigenvalue weighted by Gasteiger charge is 2.29. The molecule has 0 unspecified atom stereocenters. The van der Waals surface area contributed by atoms with Crippen LogP contribution >= 0.6 is 0 Å². The number of benzene rings is 1. The number of ether oxygens (including phenoxy) is 2. The second-order valence-electron chi connectivity index (χ2n) is 13.1. The van der Waals surface area contributed by atoms with E-state index >= 15 is 0 Å². The van der Waals surface area contributed by atoms with Crippen LogP contribution in [0.4, 0.5) is 0 Å². The molecule has 4 atom stereocenters. The smallest absolute Gasteiger partial charge is 0.251 e. The van der Waals surface area contributed by atoms with Gasteiger partial charge in [0.2, 0.25) is 0 Å².